The molecule has 0 aliphatic heterocycles. The van der Waals surface area contributed by atoms with Crippen molar-refractivity contribution < 1.29 is 19.1 Å². The van der Waals surface area contributed by atoms with Gasteiger partial charge in [-0.05, 0) is 33.4 Å². The van der Waals surface area contributed by atoms with E-state index in [1.165, 1.54) is 14.2 Å². The summed E-state index contributed by atoms with van der Waals surface area (Å²) in [7, 11) is 2.70. The summed E-state index contributed by atoms with van der Waals surface area (Å²) in [6.45, 7) is 0.398. The summed E-state index contributed by atoms with van der Waals surface area (Å²) in [4.78, 5) is 28.3. The summed E-state index contributed by atoms with van der Waals surface area (Å²) in [5, 5.41) is 0. The molecule has 5 rings (SSSR count). The lowest BCUT2D eigenvalue weighted by Crippen LogP contribution is -2.55. The molecule has 0 amide bonds. The average molecular weight is 492 g/mol. The highest BCUT2D eigenvalue weighted by Crippen LogP contribution is 2.55. The molecule has 186 valence electrons. The number of methoxy groups -OCH3 is 2. The summed E-state index contributed by atoms with van der Waals surface area (Å²) in [5.41, 5.74) is 5.45. The Kier molecular flexibility index (Phi) is 6.89. The van der Waals surface area contributed by atoms with E-state index in [0.717, 1.165) is 33.4 Å². The van der Waals surface area contributed by atoms with Crippen molar-refractivity contribution >= 4 is 11.9 Å². The average Bonchev–Trinajstić information content (AvgIpc) is 3.26. The Morgan fingerprint density at radius 1 is 0.703 bits per heavy atom. The highest BCUT2D eigenvalue weighted by atomic mass is 16.5. The van der Waals surface area contributed by atoms with Gasteiger partial charge in [0.05, 0.1) is 26.2 Å². The number of esters is 2. The zero-order valence-electron chi connectivity index (χ0n) is 21.0. The molecule has 1 atom stereocenters. The van der Waals surface area contributed by atoms with Crippen LogP contribution in [0.1, 0.15) is 28.7 Å². The number of benzene rings is 4. The van der Waals surface area contributed by atoms with Gasteiger partial charge in [0.15, 0.2) is 0 Å². The predicted molar refractivity (Wildman–Crippen MR) is 143 cm³/mol. The molecule has 5 nitrogen and oxygen atoms in total. The van der Waals surface area contributed by atoms with Gasteiger partial charge >= 0.3 is 11.9 Å². The van der Waals surface area contributed by atoms with E-state index in [1.807, 2.05) is 72.8 Å². The third-order valence-corrected chi connectivity index (χ3v) is 7.18. The normalized spacial score (nSPS) is 13.9. The van der Waals surface area contributed by atoms with Crippen LogP contribution in [0.2, 0.25) is 0 Å². The van der Waals surface area contributed by atoms with Gasteiger partial charge < -0.3 is 9.47 Å². The van der Waals surface area contributed by atoms with Gasteiger partial charge in [0.1, 0.15) is 6.04 Å². The smallest absolute Gasteiger partial charge is 0.323 e. The predicted octanol–water partition coefficient (Wildman–Crippen LogP) is 5.57. The molecule has 0 radical (unpaired) electrons. The van der Waals surface area contributed by atoms with Crippen LogP contribution < -0.4 is 0 Å². The van der Waals surface area contributed by atoms with Gasteiger partial charge in [-0.15, -0.1) is 0 Å². The molecule has 1 aliphatic carbocycles. The molecule has 5 heteroatoms. The number of rotatable bonds is 8. The van der Waals surface area contributed by atoms with E-state index in [9.17, 15) is 9.59 Å². The summed E-state index contributed by atoms with van der Waals surface area (Å²) >= 11 is 0. The lowest BCUT2D eigenvalue weighted by Gasteiger charge is -2.46. The maximum Gasteiger partial charge on any atom is 0.323 e. The second-order valence-electron chi connectivity index (χ2n) is 9.10. The first-order valence-electron chi connectivity index (χ1n) is 12.3. The van der Waals surface area contributed by atoms with Gasteiger partial charge in [-0.1, -0.05) is 109 Å². The van der Waals surface area contributed by atoms with Crippen LogP contribution in [-0.2, 0) is 31.1 Å². The Morgan fingerprint density at radius 3 is 1.76 bits per heavy atom. The molecule has 1 aliphatic rings. The summed E-state index contributed by atoms with van der Waals surface area (Å²) < 4.78 is 10.3. The fourth-order valence-electron chi connectivity index (χ4n) is 5.62. The molecule has 4 aromatic rings. The highest BCUT2D eigenvalue weighted by molar-refractivity contribution is 5.86. The largest absolute Gasteiger partial charge is 0.469 e. The molecule has 0 N–H and O–H groups in total. The number of ether oxygens (including phenoxy) is 2. The second kappa shape index (κ2) is 10.4. The van der Waals surface area contributed by atoms with Crippen molar-refractivity contribution in [2.45, 2.75) is 24.5 Å². The van der Waals surface area contributed by atoms with Crippen LogP contribution in [0.5, 0.6) is 0 Å². The topological polar surface area (TPSA) is 55.8 Å². The van der Waals surface area contributed by atoms with Crippen LogP contribution in [0.15, 0.2) is 109 Å². The van der Waals surface area contributed by atoms with Gasteiger partial charge in [-0.25, -0.2) is 0 Å². The SMILES string of the molecule is COC(=O)C[C@@H](C(=O)OC)N(Cc1ccccc1)C1(c2ccccc2)c2ccccc2-c2ccccc21. The first-order valence-corrected chi connectivity index (χ1v) is 12.3. The summed E-state index contributed by atoms with van der Waals surface area (Å²) in [5.74, 6) is -0.963. The van der Waals surface area contributed by atoms with Crippen molar-refractivity contribution in [3.8, 4) is 11.1 Å². The third kappa shape index (κ3) is 4.21. The molecular formula is C32H29NO4. The molecular weight excluding hydrogens is 462 g/mol. The minimum Gasteiger partial charge on any atom is -0.469 e. The van der Waals surface area contributed by atoms with E-state index >= 15 is 0 Å². The molecule has 0 saturated carbocycles. The van der Waals surface area contributed by atoms with E-state index in [2.05, 4.69) is 41.3 Å². The summed E-state index contributed by atoms with van der Waals surface area (Å²) in [6, 6.07) is 35.8. The third-order valence-electron chi connectivity index (χ3n) is 7.18. The molecule has 0 unspecified atom stereocenters. The maximum absolute atomic E-state index is 13.5. The van der Waals surface area contributed by atoms with Crippen LogP contribution in [0.4, 0.5) is 0 Å². The summed E-state index contributed by atoms with van der Waals surface area (Å²) in [6.07, 6.45) is -0.144. The van der Waals surface area contributed by atoms with Gasteiger partial charge in [-0.2, -0.15) is 0 Å². The van der Waals surface area contributed by atoms with Gasteiger partial charge in [0.25, 0.3) is 0 Å². The van der Waals surface area contributed by atoms with E-state index in [-0.39, 0.29) is 6.42 Å². The molecule has 0 heterocycles. The lowest BCUT2D eigenvalue weighted by atomic mass is 9.77. The molecule has 0 spiro atoms. The van der Waals surface area contributed by atoms with Crippen LogP contribution >= 0.6 is 0 Å². The molecule has 37 heavy (non-hydrogen) atoms. The van der Waals surface area contributed by atoms with Crippen molar-refractivity contribution in [3.05, 3.63) is 131 Å². The van der Waals surface area contributed by atoms with Crippen LogP contribution in [0.25, 0.3) is 11.1 Å². The quantitative estimate of drug-likeness (QED) is 0.302. The Hall–Kier alpha value is -4.22. The molecule has 0 aromatic heterocycles. The first-order chi connectivity index (χ1) is 18.1. The molecule has 0 bridgehead atoms. The molecule has 0 fully saturated rings. The lowest BCUT2D eigenvalue weighted by molar-refractivity contribution is -0.155. The maximum atomic E-state index is 13.5. The van der Waals surface area contributed by atoms with Crippen molar-refractivity contribution in [1.82, 2.24) is 4.90 Å². The van der Waals surface area contributed by atoms with Crippen molar-refractivity contribution in [2.75, 3.05) is 14.2 Å². The highest BCUT2D eigenvalue weighted by Gasteiger charge is 2.52. The standard InChI is InChI=1S/C32H29NO4/c1-36-30(34)21-29(31(35)37-2)33(22-23-13-5-3-6-14-23)32(24-15-7-4-8-16-24)27-19-11-9-17-25(27)26-18-10-12-20-28(26)32/h3-20,29H,21-22H2,1-2H3/t29-/m0/s1. The fourth-order valence-corrected chi connectivity index (χ4v) is 5.62. The van der Waals surface area contributed by atoms with E-state index < -0.39 is 23.5 Å². The van der Waals surface area contributed by atoms with E-state index in [1.54, 1.807) is 0 Å². The number of fused-ring (bicyclic) bond motifs is 3. The minimum absolute atomic E-state index is 0.144. The van der Waals surface area contributed by atoms with Gasteiger partial charge in [-0.3, -0.25) is 14.5 Å². The van der Waals surface area contributed by atoms with Crippen LogP contribution in [0, 0.1) is 0 Å². The fraction of sp³-hybridized carbons (Fsp3) is 0.188. The number of carbonyl (C=O) groups is 2. The minimum atomic E-state index is -0.905. The second-order valence-corrected chi connectivity index (χ2v) is 9.10. The van der Waals surface area contributed by atoms with Crippen molar-refractivity contribution in [3.63, 3.8) is 0 Å². The van der Waals surface area contributed by atoms with Gasteiger partial charge in [0, 0.05) is 6.54 Å². The van der Waals surface area contributed by atoms with E-state index in [4.69, 9.17) is 9.47 Å². The number of hydrogen-bond donors (Lipinski definition) is 0. The number of hydrogen-bond acceptors (Lipinski definition) is 5. The number of nitrogens with zero attached hydrogens (tertiary/aromatic N) is 1. The first kappa shape index (κ1) is 24.5. The monoisotopic (exact) mass is 491 g/mol. The Bertz CT molecular complexity index is 1360. The van der Waals surface area contributed by atoms with Crippen LogP contribution in [-0.4, -0.2) is 37.1 Å². The molecule has 4 aromatic carbocycles. The molecule has 0 saturated heterocycles. The zero-order valence-corrected chi connectivity index (χ0v) is 21.0. The Labute approximate surface area is 217 Å². The Balaban J connectivity index is 1.86. The van der Waals surface area contributed by atoms with E-state index in [0.29, 0.717) is 6.54 Å². The van der Waals surface area contributed by atoms with Crippen molar-refractivity contribution in [1.29, 1.82) is 0 Å². The van der Waals surface area contributed by atoms with Crippen LogP contribution in [0.3, 0.4) is 0 Å². The van der Waals surface area contributed by atoms with Crippen molar-refractivity contribution in [2.24, 2.45) is 0 Å². The zero-order chi connectivity index (χ0) is 25.8. The Morgan fingerprint density at radius 2 is 1.22 bits per heavy atom. The van der Waals surface area contributed by atoms with Gasteiger partial charge in [0.2, 0.25) is 0 Å². The number of carbonyl (C=O) groups excluding carboxylic acids is 2.